The van der Waals surface area contributed by atoms with E-state index in [0.29, 0.717) is 12.3 Å². The Bertz CT molecular complexity index is 471. The molecule has 19 heavy (non-hydrogen) atoms. The molecule has 0 spiro atoms. The first-order valence-electron chi connectivity index (χ1n) is 6.71. The fourth-order valence-electron chi connectivity index (χ4n) is 2.68. The third kappa shape index (κ3) is 3.07. The maximum atomic E-state index is 11.8. The SMILES string of the molecule is CN(C)C(=O)CN(C)C1CCCc2ccc(O)cc21. The third-order valence-electron chi connectivity index (χ3n) is 3.83. The zero-order valence-corrected chi connectivity index (χ0v) is 11.9. The van der Waals surface area contributed by atoms with Gasteiger partial charge in [-0.2, -0.15) is 0 Å². The summed E-state index contributed by atoms with van der Waals surface area (Å²) in [7, 11) is 5.53. The molecular formula is C15H22N2O2. The quantitative estimate of drug-likeness (QED) is 0.903. The summed E-state index contributed by atoms with van der Waals surface area (Å²) in [6.45, 7) is 0.409. The molecule has 1 aliphatic rings. The number of carbonyl (C=O) groups is 1. The number of hydrogen-bond acceptors (Lipinski definition) is 3. The minimum Gasteiger partial charge on any atom is -0.508 e. The maximum Gasteiger partial charge on any atom is 0.236 e. The second-order valence-electron chi connectivity index (χ2n) is 5.49. The molecule has 1 aliphatic carbocycles. The lowest BCUT2D eigenvalue weighted by Gasteiger charge is -2.33. The fraction of sp³-hybridized carbons (Fsp3) is 0.533. The molecule has 4 heteroatoms. The normalized spacial score (nSPS) is 18.2. The number of hydrogen-bond donors (Lipinski definition) is 1. The van der Waals surface area contributed by atoms with Gasteiger partial charge in [-0.15, -0.1) is 0 Å². The van der Waals surface area contributed by atoms with Crippen molar-refractivity contribution in [3.8, 4) is 5.75 Å². The van der Waals surface area contributed by atoms with Crippen LogP contribution < -0.4 is 0 Å². The van der Waals surface area contributed by atoms with E-state index in [4.69, 9.17) is 0 Å². The van der Waals surface area contributed by atoms with Crippen molar-refractivity contribution in [2.45, 2.75) is 25.3 Å². The summed E-state index contributed by atoms with van der Waals surface area (Å²) in [4.78, 5) is 15.5. The molecule has 0 saturated carbocycles. The first-order valence-corrected chi connectivity index (χ1v) is 6.71. The molecule has 0 fully saturated rings. The Labute approximate surface area is 114 Å². The number of carbonyl (C=O) groups excluding carboxylic acids is 1. The molecule has 0 saturated heterocycles. The molecule has 1 amide bonds. The Morgan fingerprint density at radius 3 is 2.79 bits per heavy atom. The van der Waals surface area contributed by atoms with Crippen molar-refractivity contribution < 1.29 is 9.90 Å². The summed E-state index contributed by atoms with van der Waals surface area (Å²) >= 11 is 0. The van der Waals surface area contributed by atoms with Crippen molar-refractivity contribution in [3.05, 3.63) is 29.3 Å². The molecule has 0 bridgehead atoms. The predicted molar refractivity (Wildman–Crippen MR) is 75.1 cm³/mol. The Hall–Kier alpha value is -1.55. The van der Waals surface area contributed by atoms with Crippen LogP contribution in [0.1, 0.15) is 30.0 Å². The monoisotopic (exact) mass is 262 g/mol. The van der Waals surface area contributed by atoms with E-state index in [-0.39, 0.29) is 11.9 Å². The van der Waals surface area contributed by atoms with Crippen LogP contribution in [0.3, 0.4) is 0 Å². The van der Waals surface area contributed by atoms with Gasteiger partial charge in [0.05, 0.1) is 6.54 Å². The second kappa shape index (κ2) is 5.61. The van der Waals surface area contributed by atoms with Gasteiger partial charge in [0.2, 0.25) is 5.91 Å². The predicted octanol–water partition coefficient (Wildman–Crippen LogP) is 1.79. The molecule has 2 rings (SSSR count). The summed E-state index contributed by atoms with van der Waals surface area (Å²) in [5.74, 6) is 0.410. The fourth-order valence-corrected chi connectivity index (χ4v) is 2.68. The number of aromatic hydroxyl groups is 1. The van der Waals surface area contributed by atoms with Gasteiger partial charge in [-0.05, 0) is 49.6 Å². The van der Waals surface area contributed by atoms with Gasteiger partial charge in [0.15, 0.2) is 0 Å². The highest BCUT2D eigenvalue weighted by atomic mass is 16.3. The molecule has 0 radical (unpaired) electrons. The van der Waals surface area contributed by atoms with Gasteiger partial charge in [-0.1, -0.05) is 6.07 Å². The molecule has 1 unspecified atom stereocenters. The molecular weight excluding hydrogens is 240 g/mol. The van der Waals surface area contributed by atoms with Gasteiger partial charge in [0.25, 0.3) is 0 Å². The van der Waals surface area contributed by atoms with E-state index in [1.165, 1.54) is 11.1 Å². The zero-order valence-electron chi connectivity index (χ0n) is 11.9. The molecule has 104 valence electrons. The lowest BCUT2D eigenvalue weighted by Crippen LogP contribution is -2.37. The van der Waals surface area contributed by atoms with Crippen LogP contribution in [0.15, 0.2) is 18.2 Å². The minimum atomic E-state index is 0.106. The average Bonchev–Trinajstić information content (AvgIpc) is 2.37. The summed E-state index contributed by atoms with van der Waals surface area (Å²) in [5, 5.41) is 9.66. The van der Waals surface area contributed by atoms with Crippen LogP contribution in [0.25, 0.3) is 0 Å². The molecule has 1 aromatic rings. The van der Waals surface area contributed by atoms with Crippen molar-refractivity contribution in [1.29, 1.82) is 0 Å². The van der Waals surface area contributed by atoms with Gasteiger partial charge in [-0.3, -0.25) is 9.69 Å². The van der Waals surface area contributed by atoms with Crippen LogP contribution in [0, 0.1) is 0 Å². The van der Waals surface area contributed by atoms with Crippen LogP contribution in [-0.2, 0) is 11.2 Å². The van der Waals surface area contributed by atoms with Crippen molar-refractivity contribution in [2.75, 3.05) is 27.7 Å². The molecule has 1 N–H and O–H groups in total. The standard InChI is InChI=1S/C15H22N2O2/c1-16(2)15(19)10-17(3)14-6-4-5-11-7-8-12(18)9-13(11)14/h7-9,14,18H,4-6,10H2,1-3H3. The summed E-state index contributed by atoms with van der Waals surface area (Å²) in [6, 6.07) is 5.81. The number of phenols is 1. The van der Waals surface area contributed by atoms with Crippen molar-refractivity contribution in [3.63, 3.8) is 0 Å². The number of nitrogens with zero attached hydrogens (tertiary/aromatic N) is 2. The topological polar surface area (TPSA) is 43.8 Å². The highest BCUT2D eigenvalue weighted by Crippen LogP contribution is 2.35. The van der Waals surface area contributed by atoms with Crippen molar-refractivity contribution in [1.82, 2.24) is 9.80 Å². The zero-order chi connectivity index (χ0) is 14.0. The van der Waals surface area contributed by atoms with E-state index in [2.05, 4.69) is 4.90 Å². The van der Waals surface area contributed by atoms with Gasteiger partial charge < -0.3 is 10.0 Å². The van der Waals surface area contributed by atoms with Crippen LogP contribution in [0.2, 0.25) is 0 Å². The van der Waals surface area contributed by atoms with E-state index in [9.17, 15) is 9.90 Å². The number of phenolic OH excluding ortho intramolecular Hbond substituents is 1. The largest absolute Gasteiger partial charge is 0.508 e. The summed E-state index contributed by atoms with van der Waals surface area (Å²) < 4.78 is 0. The Kier molecular flexibility index (Phi) is 4.10. The molecule has 4 nitrogen and oxygen atoms in total. The lowest BCUT2D eigenvalue weighted by atomic mass is 9.87. The van der Waals surface area contributed by atoms with Crippen molar-refractivity contribution in [2.24, 2.45) is 0 Å². The van der Waals surface area contributed by atoms with Gasteiger partial charge >= 0.3 is 0 Å². The first-order chi connectivity index (χ1) is 8.99. The highest BCUT2D eigenvalue weighted by Gasteiger charge is 2.25. The average molecular weight is 262 g/mol. The van der Waals surface area contributed by atoms with E-state index < -0.39 is 0 Å². The van der Waals surface area contributed by atoms with E-state index >= 15 is 0 Å². The number of benzene rings is 1. The van der Waals surface area contributed by atoms with Crippen molar-refractivity contribution >= 4 is 5.91 Å². The molecule has 0 aliphatic heterocycles. The second-order valence-corrected chi connectivity index (χ2v) is 5.49. The molecule has 1 atom stereocenters. The Morgan fingerprint density at radius 1 is 1.37 bits per heavy atom. The van der Waals surface area contributed by atoms with E-state index in [0.717, 1.165) is 19.3 Å². The minimum absolute atomic E-state index is 0.106. The molecule has 0 aromatic heterocycles. The van der Waals surface area contributed by atoms with Crippen LogP contribution in [0.4, 0.5) is 0 Å². The van der Waals surface area contributed by atoms with Crippen LogP contribution in [-0.4, -0.2) is 48.5 Å². The molecule has 1 aromatic carbocycles. The summed E-state index contributed by atoms with van der Waals surface area (Å²) in [6.07, 6.45) is 3.22. The van der Waals surface area contributed by atoms with E-state index in [1.807, 2.05) is 19.2 Å². The van der Waals surface area contributed by atoms with Crippen LogP contribution in [0.5, 0.6) is 5.75 Å². The van der Waals surface area contributed by atoms with Gasteiger partial charge in [0, 0.05) is 20.1 Å². The Morgan fingerprint density at radius 2 is 2.11 bits per heavy atom. The third-order valence-corrected chi connectivity index (χ3v) is 3.83. The highest BCUT2D eigenvalue weighted by molar-refractivity contribution is 5.77. The number of fused-ring (bicyclic) bond motifs is 1. The number of amides is 1. The summed E-state index contributed by atoms with van der Waals surface area (Å²) in [5.41, 5.74) is 2.46. The number of rotatable bonds is 3. The Balaban J connectivity index is 2.18. The number of likely N-dealkylation sites (N-methyl/N-ethyl adjacent to an activating group) is 2. The smallest absolute Gasteiger partial charge is 0.236 e. The first kappa shape index (κ1) is 13.9. The maximum absolute atomic E-state index is 11.8. The van der Waals surface area contributed by atoms with E-state index in [1.54, 1.807) is 25.1 Å². The van der Waals surface area contributed by atoms with Gasteiger partial charge in [-0.25, -0.2) is 0 Å². The lowest BCUT2D eigenvalue weighted by molar-refractivity contribution is -0.130. The molecule has 0 heterocycles. The van der Waals surface area contributed by atoms with Crippen LogP contribution >= 0.6 is 0 Å². The number of aryl methyl sites for hydroxylation is 1. The van der Waals surface area contributed by atoms with Gasteiger partial charge in [0.1, 0.15) is 5.75 Å².